The van der Waals surface area contributed by atoms with Crippen molar-refractivity contribution in [3.8, 4) is 0 Å². The van der Waals surface area contributed by atoms with Crippen LogP contribution in [0.1, 0.15) is 17.4 Å². The molecule has 1 aromatic carbocycles. The summed E-state index contributed by atoms with van der Waals surface area (Å²) in [6.07, 6.45) is 4.78. The summed E-state index contributed by atoms with van der Waals surface area (Å²) in [7, 11) is 0. The minimum absolute atomic E-state index is 0. The molecule has 2 aromatic rings. The van der Waals surface area contributed by atoms with Crippen LogP contribution in [0.5, 0.6) is 0 Å². The van der Waals surface area contributed by atoms with Crippen LogP contribution in [0.4, 0.5) is 4.39 Å². The van der Waals surface area contributed by atoms with Gasteiger partial charge in [-0.25, -0.2) is 9.37 Å². The third-order valence-corrected chi connectivity index (χ3v) is 4.19. The fraction of sp³-hybridized carbons (Fsp3) is 0.353. The number of hydrogen-bond donors (Lipinski definition) is 1. The molecule has 0 saturated carbocycles. The van der Waals surface area contributed by atoms with Crippen molar-refractivity contribution in [1.29, 1.82) is 0 Å². The Labute approximate surface area is 178 Å². The number of nitrogens with one attached hydrogen (secondary N) is 1. The number of alkyl halides is 1. The second-order valence-electron chi connectivity index (χ2n) is 5.16. The van der Waals surface area contributed by atoms with Crippen LogP contribution in [0, 0.1) is 3.57 Å². The highest BCUT2D eigenvalue weighted by atomic mass is 125. The summed E-state index contributed by atoms with van der Waals surface area (Å²) < 4.78 is 13.1. The maximum Gasteiger partial charge on any atom is 0.271 e. The van der Waals surface area contributed by atoms with E-state index in [0.717, 1.165) is 15.6 Å². The lowest BCUT2D eigenvalue weighted by molar-refractivity contribution is 0.0944. The van der Waals surface area contributed by atoms with E-state index in [-0.39, 0.29) is 30.7 Å². The van der Waals surface area contributed by atoms with Crippen LogP contribution in [-0.4, -0.2) is 53.6 Å². The van der Waals surface area contributed by atoms with E-state index >= 15 is 0 Å². The van der Waals surface area contributed by atoms with E-state index in [1.807, 2.05) is 25.1 Å². The van der Waals surface area contributed by atoms with Crippen molar-refractivity contribution in [1.82, 2.24) is 20.2 Å². The van der Waals surface area contributed by atoms with Crippen LogP contribution in [-0.2, 0) is 0 Å². The zero-order valence-corrected chi connectivity index (χ0v) is 18.1. The molecule has 0 spiro atoms. The number of aromatic nitrogens is 2. The molecular weight excluding hydrogens is 491 g/mol. The van der Waals surface area contributed by atoms with Crippen LogP contribution >= 0.6 is 47.4 Å². The van der Waals surface area contributed by atoms with Crippen LogP contribution in [0.25, 0.3) is 11.0 Å². The van der Waals surface area contributed by atoms with Crippen molar-refractivity contribution in [2.24, 2.45) is 0 Å². The number of hydrogen-bond acceptors (Lipinski definition) is 4. The lowest BCUT2D eigenvalue weighted by atomic mass is 10.3. The molecule has 0 atom stereocenters. The first-order valence-electron chi connectivity index (χ1n) is 7.78. The number of carbonyl (C=O) groups is 1. The quantitative estimate of drug-likeness (QED) is 0.433. The van der Waals surface area contributed by atoms with Crippen molar-refractivity contribution in [3.05, 3.63) is 45.8 Å². The Bertz CT molecular complexity index is 733. The Kier molecular flexibility index (Phi) is 12.7. The maximum absolute atomic E-state index is 12.2. The van der Waals surface area contributed by atoms with Gasteiger partial charge in [-0.2, -0.15) is 0 Å². The lowest BCUT2D eigenvalue weighted by Crippen LogP contribution is -2.35. The predicted molar refractivity (Wildman–Crippen MR) is 116 cm³/mol. The molecule has 9 heteroatoms. The number of allylic oxidation sites excluding steroid dienone is 1. The van der Waals surface area contributed by atoms with Crippen molar-refractivity contribution >= 4 is 64.3 Å². The first-order chi connectivity index (χ1) is 11.6. The molecule has 0 aliphatic rings. The van der Waals surface area contributed by atoms with Gasteiger partial charge >= 0.3 is 0 Å². The van der Waals surface area contributed by atoms with Crippen LogP contribution in [0.3, 0.4) is 0 Å². The Morgan fingerprint density at radius 1 is 1.31 bits per heavy atom. The number of fused-ring (bicyclic) bond motifs is 1. The molecule has 2 rings (SSSR count). The zero-order chi connectivity index (χ0) is 17.4. The van der Waals surface area contributed by atoms with Gasteiger partial charge in [0.15, 0.2) is 0 Å². The highest BCUT2D eigenvalue weighted by Crippen LogP contribution is 2.13. The highest BCUT2D eigenvalue weighted by molar-refractivity contribution is 14.1. The molecule has 0 aliphatic heterocycles. The average molecular weight is 513 g/mol. The number of amides is 1. The van der Waals surface area contributed by atoms with E-state index < -0.39 is 6.67 Å². The largest absolute Gasteiger partial charge is 0.349 e. The van der Waals surface area contributed by atoms with E-state index in [9.17, 15) is 9.18 Å². The minimum Gasteiger partial charge on any atom is -0.349 e. The summed E-state index contributed by atoms with van der Waals surface area (Å²) in [4.78, 5) is 22.9. The van der Waals surface area contributed by atoms with Crippen molar-refractivity contribution < 1.29 is 9.18 Å². The Hall–Kier alpha value is -1.03. The number of likely N-dealkylation sites (N-methyl/N-ethyl adjacent to an activating group) is 1. The van der Waals surface area contributed by atoms with E-state index in [1.54, 1.807) is 6.08 Å². The van der Waals surface area contributed by atoms with Crippen molar-refractivity contribution in [3.63, 3.8) is 0 Å². The van der Waals surface area contributed by atoms with Crippen molar-refractivity contribution in [2.75, 3.05) is 32.9 Å². The van der Waals surface area contributed by atoms with Gasteiger partial charge in [-0.3, -0.25) is 14.7 Å². The summed E-state index contributed by atoms with van der Waals surface area (Å²) in [5, 5.41) is 2.85. The SMILES string of the molecule is CCN(C/C=C/CF)CCNC(=O)c1cnc2cc([125I])ccc2n1.Cl.Cl. The summed E-state index contributed by atoms with van der Waals surface area (Å²) in [6.45, 7) is 4.28. The van der Waals surface area contributed by atoms with Gasteiger partial charge in [-0.15, -0.1) is 24.8 Å². The monoisotopic (exact) mass is 512 g/mol. The van der Waals surface area contributed by atoms with Gasteiger partial charge < -0.3 is 5.32 Å². The lowest BCUT2D eigenvalue weighted by Gasteiger charge is -2.18. The Balaban J connectivity index is 0.00000312. The molecule has 0 radical (unpaired) electrons. The van der Waals surface area contributed by atoms with E-state index in [0.29, 0.717) is 30.8 Å². The molecule has 5 nitrogen and oxygen atoms in total. The molecule has 0 aliphatic carbocycles. The average Bonchev–Trinajstić information content (AvgIpc) is 2.59. The second-order valence-corrected chi connectivity index (χ2v) is 6.41. The molecule has 1 amide bonds. The van der Waals surface area contributed by atoms with Gasteiger partial charge in [-0.1, -0.05) is 19.1 Å². The van der Waals surface area contributed by atoms with E-state index in [1.165, 1.54) is 12.3 Å². The summed E-state index contributed by atoms with van der Waals surface area (Å²) in [6, 6.07) is 5.72. The zero-order valence-electron chi connectivity index (χ0n) is 14.3. The first-order valence-corrected chi connectivity index (χ1v) is 8.85. The number of rotatable bonds is 8. The minimum atomic E-state index is -0.450. The molecule has 144 valence electrons. The van der Waals surface area contributed by atoms with Crippen LogP contribution in [0.2, 0.25) is 0 Å². The maximum atomic E-state index is 12.2. The summed E-state index contributed by atoms with van der Waals surface area (Å²) in [5.74, 6) is -0.238. The molecule has 1 heterocycles. The van der Waals surface area contributed by atoms with Crippen molar-refractivity contribution in [2.45, 2.75) is 6.92 Å². The molecule has 1 aromatic heterocycles. The summed E-state index contributed by atoms with van der Waals surface area (Å²) >= 11 is 2.21. The van der Waals surface area contributed by atoms with Gasteiger partial charge in [0.05, 0.1) is 17.2 Å². The summed E-state index contributed by atoms with van der Waals surface area (Å²) in [5.41, 5.74) is 1.79. The Morgan fingerprint density at radius 2 is 2.08 bits per heavy atom. The van der Waals surface area contributed by atoms with E-state index in [4.69, 9.17) is 0 Å². The number of nitrogens with zero attached hydrogens (tertiary/aromatic N) is 3. The predicted octanol–water partition coefficient (Wildman–Crippen LogP) is 3.66. The second kappa shape index (κ2) is 13.2. The van der Waals surface area contributed by atoms with E-state index in [2.05, 4.69) is 42.8 Å². The molecule has 0 bridgehead atoms. The van der Waals surface area contributed by atoms with Gasteiger partial charge in [0.2, 0.25) is 0 Å². The molecule has 1 N–H and O–H groups in total. The number of benzene rings is 1. The number of halogens is 4. The van der Waals surface area contributed by atoms with Gasteiger partial charge in [0.25, 0.3) is 5.91 Å². The normalized spacial score (nSPS) is 10.6. The van der Waals surface area contributed by atoms with Crippen LogP contribution < -0.4 is 5.32 Å². The topological polar surface area (TPSA) is 58.1 Å². The smallest absolute Gasteiger partial charge is 0.271 e. The molecule has 26 heavy (non-hydrogen) atoms. The first kappa shape index (κ1) is 25.0. The number of carbonyl (C=O) groups excluding carboxylic acids is 1. The molecule has 0 fully saturated rings. The molecule has 0 unspecified atom stereocenters. The van der Waals surface area contributed by atoms with Crippen LogP contribution in [0.15, 0.2) is 36.5 Å². The molecular formula is C17H22Cl2FIN4O. The fourth-order valence-corrected chi connectivity index (χ4v) is 2.65. The van der Waals surface area contributed by atoms with Gasteiger partial charge in [-0.05, 0) is 47.3 Å². The third kappa shape index (κ3) is 7.69. The van der Waals surface area contributed by atoms with Gasteiger partial charge in [0.1, 0.15) is 12.4 Å². The fourth-order valence-electron chi connectivity index (χ4n) is 2.18. The highest BCUT2D eigenvalue weighted by Gasteiger charge is 2.09. The standard InChI is InChI=1S/C17H20FIN4O.2ClH/c1-2-23(9-4-3-7-18)10-8-20-17(24)16-12-21-15-11-13(19)5-6-14(15)22-16;;/h3-6,11-12H,2,7-10H2,1H3,(H,20,24);2*1H/b4-3+;;/i19-2;;. The molecule has 0 saturated heterocycles. The Morgan fingerprint density at radius 3 is 2.77 bits per heavy atom. The van der Waals surface area contributed by atoms with Gasteiger partial charge in [0, 0.05) is 23.2 Å². The third-order valence-electron chi connectivity index (χ3n) is 3.52.